The summed E-state index contributed by atoms with van der Waals surface area (Å²) in [6.45, 7) is 13.3. The highest BCUT2D eigenvalue weighted by Crippen LogP contribution is 2.45. The highest BCUT2D eigenvalue weighted by molar-refractivity contribution is 5.04. The van der Waals surface area contributed by atoms with Crippen molar-refractivity contribution in [2.45, 2.75) is 66.0 Å². The second kappa shape index (κ2) is 6.02. The zero-order chi connectivity index (χ0) is 12.2. The first-order chi connectivity index (χ1) is 7.54. The Labute approximate surface area is 101 Å². The predicted molar refractivity (Wildman–Crippen MR) is 69.7 cm³/mol. The van der Waals surface area contributed by atoms with Crippen LogP contribution < -0.4 is 5.32 Å². The second-order valence-electron chi connectivity index (χ2n) is 5.73. The van der Waals surface area contributed by atoms with Gasteiger partial charge in [0.15, 0.2) is 0 Å². The SMILES string of the molecule is CCOC1CC(NCCC(C)C)C1(C)CC. The summed E-state index contributed by atoms with van der Waals surface area (Å²) >= 11 is 0. The van der Waals surface area contributed by atoms with Crippen LogP contribution in [-0.2, 0) is 4.74 Å². The van der Waals surface area contributed by atoms with Gasteiger partial charge in [0.2, 0.25) is 0 Å². The standard InChI is InChI=1S/C14H29NO/c1-6-14(5)12(10-13(14)16-7-2)15-9-8-11(3)4/h11-13,15H,6-10H2,1-5H3. The van der Waals surface area contributed by atoms with Gasteiger partial charge in [-0.3, -0.25) is 0 Å². The first kappa shape index (κ1) is 14.0. The van der Waals surface area contributed by atoms with E-state index in [4.69, 9.17) is 4.74 Å². The van der Waals surface area contributed by atoms with E-state index in [0.717, 1.165) is 19.1 Å². The molecule has 0 amide bonds. The summed E-state index contributed by atoms with van der Waals surface area (Å²) in [4.78, 5) is 0. The topological polar surface area (TPSA) is 21.3 Å². The van der Waals surface area contributed by atoms with Gasteiger partial charge in [0.05, 0.1) is 6.10 Å². The summed E-state index contributed by atoms with van der Waals surface area (Å²) in [5.41, 5.74) is 0.354. The number of nitrogens with one attached hydrogen (secondary N) is 1. The average molecular weight is 227 g/mol. The van der Waals surface area contributed by atoms with Crippen LogP contribution in [0.15, 0.2) is 0 Å². The van der Waals surface area contributed by atoms with Gasteiger partial charge in [-0.15, -0.1) is 0 Å². The molecule has 3 unspecified atom stereocenters. The second-order valence-corrected chi connectivity index (χ2v) is 5.73. The van der Waals surface area contributed by atoms with Crippen LogP contribution >= 0.6 is 0 Å². The molecule has 1 saturated carbocycles. The molecule has 0 bridgehead atoms. The van der Waals surface area contributed by atoms with Gasteiger partial charge in [-0.05, 0) is 38.6 Å². The molecule has 0 aromatic rings. The van der Waals surface area contributed by atoms with Gasteiger partial charge >= 0.3 is 0 Å². The zero-order valence-corrected chi connectivity index (χ0v) is 11.7. The summed E-state index contributed by atoms with van der Waals surface area (Å²) in [6.07, 6.45) is 4.14. The van der Waals surface area contributed by atoms with E-state index in [2.05, 4.69) is 39.9 Å². The van der Waals surface area contributed by atoms with Crippen molar-refractivity contribution in [1.29, 1.82) is 0 Å². The quantitative estimate of drug-likeness (QED) is 0.721. The Morgan fingerprint density at radius 2 is 2.06 bits per heavy atom. The van der Waals surface area contributed by atoms with Crippen LogP contribution in [0.25, 0.3) is 0 Å². The molecule has 0 spiro atoms. The number of ether oxygens (including phenoxy) is 1. The molecule has 3 atom stereocenters. The Bertz CT molecular complexity index is 205. The lowest BCUT2D eigenvalue weighted by Gasteiger charge is -2.54. The van der Waals surface area contributed by atoms with Crippen LogP contribution in [0.5, 0.6) is 0 Å². The third kappa shape index (κ3) is 2.98. The predicted octanol–water partition coefficient (Wildman–Crippen LogP) is 3.22. The van der Waals surface area contributed by atoms with Crippen LogP contribution in [0.3, 0.4) is 0 Å². The third-order valence-electron chi connectivity index (χ3n) is 4.22. The highest BCUT2D eigenvalue weighted by Gasteiger charge is 2.50. The van der Waals surface area contributed by atoms with Gasteiger partial charge in [-0.2, -0.15) is 0 Å². The summed E-state index contributed by atoms with van der Waals surface area (Å²) in [6, 6.07) is 0.660. The van der Waals surface area contributed by atoms with Crippen LogP contribution in [0, 0.1) is 11.3 Å². The lowest BCUT2D eigenvalue weighted by Crippen LogP contribution is -2.62. The molecule has 0 aromatic heterocycles. The Kier molecular flexibility index (Phi) is 5.26. The maximum atomic E-state index is 5.80. The molecular weight excluding hydrogens is 198 g/mol. The molecule has 0 radical (unpaired) electrons. The lowest BCUT2D eigenvalue weighted by atomic mass is 9.61. The van der Waals surface area contributed by atoms with Crippen molar-refractivity contribution in [3.8, 4) is 0 Å². The van der Waals surface area contributed by atoms with Gasteiger partial charge in [0, 0.05) is 18.1 Å². The number of hydrogen-bond donors (Lipinski definition) is 1. The van der Waals surface area contributed by atoms with E-state index < -0.39 is 0 Å². The zero-order valence-electron chi connectivity index (χ0n) is 11.7. The molecule has 2 nitrogen and oxygen atoms in total. The van der Waals surface area contributed by atoms with Gasteiger partial charge < -0.3 is 10.1 Å². The largest absolute Gasteiger partial charge is 0.378 e. The average Bonchev–Trinajstić information content (AvgIpc) is 2.25. The maximum Gasteiger partial charge on any atom is 0.0658 e. The van der Waals surface area contributed by atoms with E-state index in [1.807, 2.05) is 0 Å². The van der Waals surface area contributed by atoms with E-state index in [9.17, 15) is 0 Å². The van der Waals surface area contributed by atoms with Crippen molar-refractivity contribution >= 4 is 0 Å². The van der Waals surface area contributed by atoms with Crippen LogP contribution in [0.2, 0.25) is 0 Å². The van der Waals surface area contributed by atoms with E-state index in [-0.39, 0.29) is 0 Å². The minimum Gasteiger partial charge on any atom is -0.378 e. The Hall–Kier alpha value is -0.0800. The number of rotatable bonds is 7. The fourth-order valence-electron chi connectivity index (χ4n) is 2.61. The van der Waals surface area contributed by atoms with Crippen molar-refractivity contribution in [3.63, 3.8) is 0 Å². The third-order valence-corrected chi connectivity index (χ3v) is 4.22. The van der Waals surface area contributed by atoms with Crippen molar-refractivity contribution < 1.29 is 4.74 Å². The monoisotopic (exact) mass is 227 g/mol. The molecule has 0 heterocycles. The van der Waals surface area contributed by atoms with Gasteiger partial charge in [0.25, 0.3) is 0 Å². The van der Waals surface area contributed by atoms with Gasteiger partial charge in [-0.1, -0.05) is 27.7 Å². The van der Waals surface area contributed by atoms with E-state index in [1.54, 1.807) is 0 Å². The van der Waals surface area contributed by atoms with Crippen LogP contribution in [0.4, 0.5) is 0 Å². The molecule has 1 aliphatic rings. The first-order valence-corrected chi connectivity index (χ1v) is 6.89. The van der Waals surface area contributed by atoms with Crippen LogP contribution in [0.1, 0.15) is 53.9 Å². The molecule has 0 saturated heterocycles. The van der Waals surface area contributed by atoms with Crippen molar-refractivity contribution in [2.24, 2.45) is 11.3 Å². The first-order valence-electron chi connectivity index (χ1n) is 6.89. The maximum absolute atomic E-state index is 5.80. The van der Waals surface area contributed by atoms with Crippen molar-refractivity contribution in [3.05, 3.63) is 0 Å². The fourth-order valence-corrected chi connectivity index (χ4v) is 2.61. The van der Waals surface area contributed by atoms with Crippen molar-refractivity contribution in [1.82, 2.24) is 5.32 Å². The Balaban J connectivity index is 2.34. The Morgan fingerprint density at radius 1 is 1.38 bits per heavy atom. The fraction of sp³-hybridized carbons (Fsp3) is 1.00. The summed E-state index contributed by atoms with van der Waals surface area (Å²) < 4.78 is 5.80. The molecule has 0 aliphatic heterocycles. The molecule has 96 valence electrons. The number of hydrogen-bond acceptors (Lipinski definition) is 2. The van der Waals surface area contributed by atoms with Gasteiger partial charge in [-0.25, -0.2) is 0 Å². The minimum absolute atomic E-state index is 0.354. The highest BCUT2D eigenvalue weighted by atomic mass is 16.5. The van der Waals surface area contributed by atoms with Crippen molar-refractivity contribution in [2.75, 3.05) is 13.2 Å². The molecule has 1 N–H and O–H groups in total. The lowest BCUT2D eigenvalue weighted by molar-refractivity contribution is -0.125. The summed E-state index contributed by atoms with van der Waals surface area (Å²) in [5.74, 6) is 0.795. The summed E-state index contributed by atoms with van der Waals surface area (Å²) in [5, 5.41) is 3.70. The van der Waals surface area contributed by atoms with Gasteiger partial charge in [0.1, 0.15) is 0 Å². The molecular formula is C14H29NO. The Morgan fingerprint density at radius 3 is 2.56 bits per heavy atom. The van der Waals surface area contributed by atoms with Crippen LogP contribution in [-0.4, -0.2) is 25.3 Å². The molecule has 1 fully saturated rings. The molecule has 0 aromatic carbocycles. The smallest absolute Gasteiger partial charge is 0.0658 e. The summed E-state index contributed by atoms with van der Waals surface area (Å²) in [7, 11) is 0. The minimum atomic E-state index is 0.354. The molecule has 1 aliphatic carbocycles. The van der Waals surface area contributed by atoms with E-state index in [1.165, 1.54) is 19.3 Å². The molecule has 16 heavy (non-hydrogen) atoms. The molecule has 1 rings (SSSR count). The van der Waals surface area contributed by atoms with E-state index in [0.29, 0.717) is 17.6 Å². The normalized spacial score (nSPS) is 34.1. The van der Waals surface area contributed by atoms with E-state index >= 15 is 0 Å². The molecule has 2 heteroatoms.